The topological polar surface area (TPSA) is 60.9 Å². The summed E-state index contributed by atoms with van der Waals surface area (Å²) >= 11 is 0. The minimum Gasteiger partial charge on any atom is -0.392 e. The number of aliphatic hydroxyl groups excluding tert-OH is 1. The molecule has 1 atom stereocenters. The number of hydrogen-bond donors (Lipinski definition) is 1. The van der Waals surface area contributed by atoms with Crippen molar-refractivity contribution in [3.05, 3.63) is 24.3 Å². The minimum atomic E-state index is -3.65. The van der Waals surface area contributed by atoms with Crippen LogP contribution < -0.4 is 4.90 Å². The zero-order valence-electron chi connectivity index (χ0n) is 16.0. The molecule has 3 rings (SSSR count). The third-order valence-corrected chi connectivity index (χ3v) is 7.70. The van der Waals surface area contributed by atoms with E-state index in [4.69, 9.17) is 0 Å². The van der Waals surface area contributed by atoms with Gasteiger partial charge in [0.25, 0.3) is 0 Å². The van der Waals surface area contributed by atoms with Gasteiger partial charge in [-0.3, -0.25) is 0 Å². The fraction of sp³-hybridized carbons (Fsp3) is 0.700. The van der Waals surface area contributed by atoms with Crippen LogP contribution in [0, 0.1) is 5.92 Å². The average Bonchev–Trinajstić information content (AvgIpc) is 3.15. The van der Waals surface area contributed by atoms with Crippen LogP contribution in [0.2, 0.25) is 0 Å². The molecule has 1 unspecified atom stereocenters. The third-order valence-electron chi connectivity index (χ3n) is 5.74. The first-order valence-corrected chi connectivity index (χ1v) is 11.4. The molecule has 6 heteroatoms. The van der Waals surface area contributed by atoms with Gasteiger partial charge in [-0.05, 0) is 63.5 Å². The highest BCUT2D eigenvalue weighted by Crippen LogP contribution is 2.35. The summed E-state index contributed by atoms with van der Waals surface area (Å²) < 4.78 is 28.8. The normalized spacial score (nSPS) is 25.6. The van der Waals surface area contributed by atoms with Gasteiger partial charge in [0.1, 0.15) is 4.90 Å². The maximum atomic E-state index is 13.6. The van der Waals surface area contributed by atoms with Crippen LogP contribution in [-0.4, -0.2) is 49.6 Å². The lowest BCUT2D eigenvalue weighted by atomic mass is 9.87. The first-order valence-electron chi connectivity index (χ1n) is 9.93. The molecule has 0 aromatic heterocycles. The van der Waals surface area contributed by atoms with Gasteiger partial charge in [-0.2, -0.15) is 4.31 Å². The lowest BCUT2D eigenvalue weighted by Crippen LogP contribution is -2.45. The zero-order chi connectivity index (χ0) is 18.7. The molecule has 1 aliphatic heterocycles. The van der Waals surface area contributed by atoms with Crippen molar-refractivity contribution >= 4 is 15.7 Å². The van der Waals surface area contributed by atoms with Crippen LogP contribution in [0.1, 0.15) is 52.4 Å². The average molecular weight is 381 g/mol. The molecule has 1 N–H and O–H groups in total. The van der Waals surface area contributed by atoms with Crippen LogP contribution in [-0.2, 0) is 10.0 Å². The van der Waals surface area contributed by atoms with E-state index >= 15 is 0 Å². The van der Waals surface area contributed by atoms with Crippen molar-refractivity contribution in [3.8, 4) is 0 Å². The lowest BCUT2D eigenvalue weighted by molar-refractivity contribution is 0.130. The second kappa shape index (κ2) is 8.28. The van der Waals surface area contributed by atoms with Crippen molar-refractivity contribution < 1.29 is 13.5 Å². The molecule has 0 amide bonds. The van der Waals surface area contributed by atoms with Crippen molar-refractivity contribution in [3.63, 3.8) is 0 Å². The van der Waals surface area contributed by atoms with Gasteiger partial charge in [-0.15, -0.1) is 0 Å². The van der Waals surface area contributed by atoms with Crippen molar-refractivity contribution in [1.82, 2.24) is 4.31 Å². The van der Waals surface area contributed by atoms with E-state index < -0.39 is 16.1 Å². The van der Waals surface area contributed by atoms with E-state index in [-0.39, 0.29) is 12.6 Å². The molecule has 1 aromatic rings. The predicted octanol–water partition coefficient (Wildman–Crippen LogP) is 3.24. The molecule has 1 heterocycles. The molecule has 0 radical (unpaired) electrons. The Balaban J connectivity index is 1.95. The molecular weight excluding hydrogens is 348 g/mol. The maximum Gasteiger partial charge on any atom is 0.245 e. The molecule has 2 aliphatic rings. The van der Waals surface area contributed by atoms with E-state index in [9.17, 15) is 13.5 Å². The summed E-state index contributed by atoms with van der Waals surface area (Å²) in [5.74, 6) is 0.652. The summed E-state index contributed by atoms with van der Waals surface area (Å²) in [6.07, 6.45) is 5.37. The van der Waals surface area contributed by atoms with Crippen molar-refractivity contribution in [1.29, 1.82) is 0 Å². The molecular formula is C20H32N2O3S. The Morgan fingerprint density at radius 3 is 2.38 bits per heavy atom. The van der Waals surface area contributed by atoms with Crippen LogP contribution in [0.15, 0.2) is 29.2 Å². The van der Waals surface area contributed by atoms with Gasteiger partial charge in [0, 0.05) is 25.7 Å². The standard InChI is InChI=1S/C20H32N2O3S/c1-16-9-11-18(12-10-16)22(15-17(2)23)26(24,25)20-8-4-3-7-19(20)21-13-5-6-14-21/h3-4,7-8,16-18,23H,5-6,9-15H2,1-2H3. The van der Waals surface area contributed by atoms with Gasteiger partial charge in [-0.25, -0.2) is 8.42 Å². The molecule has 1 saturated heterocycles. The number of benzene rings is 1. The first kappa shape index (κ1) is 19.6. The van der Waals surface area contributed by atoms with Gasteiger partial charge in [0.2, 0.25) is 10.0 Å². The van der Waals surface area contributed by atoms with E-state index in [1.807, 2.05) is 12.1 Å². The summed E-state index contributed by atoms with van der Waals surface area (Å²) in [6.45, 7) is 5.87. The Hall–Kier alpha value is -1.11. The Kier molecular flexibility index (Phi) is 6.25. The molecule has 1 aliphatic carbocycles. The summed E-state index contributed by atoms with van der Waals surface area (Å²) in [5, 5.41) is 9.98. The van der Waals surface area contributed by atoms with Crippen LogP contribution in [0.4, 0.5) is 5.69 Å². The van der Waals surface area contributed by atoms with Crippen molar-refractivity contribution in [2.45, 2.75) is 69.4 Å². The second-order valence-electron chi connectivity index (χ2n) is 8.00. The highest BCUT2D eigenvalue weighted by atomic mass is 32.2. The van der Waals surface area contributed by atoms with E-state index in [0.29, 0.717) is 10.8 Å². The van der Waals surface area contributed by atoms with Crippen LogP contribution in [0.25, 0.3) is 0 Å². The van der Waals surface area contributed by atoms with E-state index in [1.54, 1.807) is 23.4 Å². The second-order valence-corrected chi connectivity index (χ2v) is 9.86. The number of rotatable bonds is 6. The Labute approximate surface area is 158 Å². The van der Waals surface area contributed by atoms with Gasteiger partial charge in [0.05, 0.1) is 11.8 Å². The molecule has 0 bridgehead atoms. The monoisotopic (exact) mass is 380 g/mol. The molecule has 0 spiro atoms. The zero-order valence-corrected chi connectivity index (χ0v) is 16.8. The number of hydrogen-bond acceptors (Lipinski definition) is 4. The lowest BCUT2D eigenvalue weighted by Gasteiger charge is -2.36. The minimum absolute atomic E-state index is 0.0163. The van der Waals surface area contributed by atoms with Gasteiger partial charge >= 0.3 is 0 Å². The fourth-order valence-corrected chi connectivity index (χ4v) is 6.24. The first-order chi connectivity index (χ1) is 12.4. The van der Waals surface area contributed by atoms with Gasteiger partial charge in [0.15, 0.2) is 0 Å². The van der Waals surface area contributed by atoms with Crippen LogP contribution >= 0.6 is 0 Å². The number of nitrogens with zero attached hydrogens (tertiary/aromatic N) is 2. The highest BCUT2D eigenvalue weighted by Gasteiger charge is 2.36. The summed E-state index contributed by atoms with van der Waals surface area (Å²) in [4.78, 5) is 2.57. The molecule has 1 aromatic carbocycles. The fourth-order valence-electron chi connectivity index (χ4n) is 4.26. The van der Waals surface area contributed by atoms with E-state index in [1.165, 1.54) is 0 Å². The van der Waals surface area contributed by atoms with Gasteiger partial charge < -0.3 is 10.0 Å². The Morgan fingerprint density at radius 2 is 1.77 bits per heavy atom. The smallest absolute Gasteiger partial charge is 0.245 e. The largest absolute Gasteiger partial charge is 0.392 e. The molecule has 1 saturated carbocycles. The van der Waals surface area contributed by atoms with E-state index in [2.05, 4.69) is 11.8 Å². The van der Waals surface area contributed by atoms with Crippen molar-refractivity contribution in [2.24, 2.45) is 5.92 Å². The summed E-state index contributed by atoms with van der Waals surface area (Å²) in [6, 6.07) is 7.34. The van der Waals surface area contributed by atoms with E-state index in [0.717, 1.165) is 57.3 Å². The number of sulfonamides is 1. The van der Waals surface area contributed by atoms with Crippen LogP contribution in [0.5, 0.6) is 0 Å². The molecule has 26 heavy (non-hydrogen) atoms. The SMILES string of the molecule is CC(O)CN(C1CCC(C)CC1)S(=O)(=O)c1ccccc1N1CCCC1. The van der Waals surface area contributed by atoms with Crippen LogP contribution in [0.3, 0.4) is 0 Å². The molecule has 146 valence electrons. The quantitative estimate of drug-likeness (QED) is 0.823. The maximum absolute atomic E-state index is 13.6. The highest BCUT2D eigenvalue weighted by molar-refractivity contribution is 7.89. The number of anilines is 1. The van der Waals surface area contributed by atoms with Gasteiger partial charge in [-0.1, -0.05) is 19.1 Å². The van der Waals surface area contributed by atoms with Crippen molar-refractivity contribution in [2.75, 3.05) is 24.5 Å². The Morgan fingerprint density at radius 1 is 1.15 bits per heavy atom. The molecule has 5 nitrogen and oxygen atoms in total. The number of aliphatic hydroxyl groups is 1. The predicted molar refractivity (Wildman–Crippen MR) is 105 cm³/mol. The third kappa shape index (κ3) is 4.24. The molecule has 2 fully saturated rings. The Bertz CT molecular complexity index is 691. The summed E-state index contributed by atoms with van der Waals surface area (Å²) in [5.41, 5.74) is 0.810. The summed E-state index contributed by atoms with van der Waals surface area (Å²) in [7, 11) is -3.65. The number of para-hydroxylation sites is 1.